The molecule has 0 bridgehead atoms. The Morgan fingerprint density at radius 3 is 2.47 bits per heavy atom. The van der Waals surface area contributed by atoms with Crippen molar-refractivity contribution in [1.29, 1.82) is 0 Å². The second kappa shape index (κ2) is 4.60. The van der Waals surface area contributed by atoms with E-state index in [4.69, 9.17) is 4.74 Å². The fourth-order valence-electron chi connectivity index (χ4n) is 1.99. The molecule has 1 fully saturated rings. The van der Waals surface area contributed by atoms with E-state index in [-0.39, 0.29) is 29.7 Å². The highest BCUT2D eigenvalue weighted by Crippen LogP contribution is 2.27. The first kappa shape index (κ1) is 12.0. The molecule has 1 rings (SSSR count). The third kappa shape index (κ3) is 2.28. The Labute approximate surface area is 90.5 Å². The minimum atomic E-state index is -0.603. The number of allylic oxidation sites excluding steroid dienone is 1. The van der Waals surface area contributed by atoms with Crippen molar-refractivity contribution >= 4 is 11.8 Å². The van der Waals surface area contributed by atoms with Crippen molar-refractivity contribution in [3.05, 3.63) is 12.2 Å². The molecular formula is C12H18O3. The van der Waals surface area contributed by atoms with Crippen LogP contribution in [0.4, 0.5) is 0 Å². The first-order valence-electron chi connectivity index (χ1n) is 5.36. The second-order valence-electron chi connectivity index (χ2n) is 4.20. The number of cyclic esters (lactones) is 1. The summed E-state index contributed by atoms with van der Waals surface area (Å²) in [5.41, 5.74) is 0. The molecule has 0 amide bonds. The standard InChI is InChI=1S/C12H18O3/c1-5-6-7(2)11-8(3)10(13)9(4)12(14)15-11/h5-9,11H,1-4H3/b6-5+/t7-,8-,9?,11-/m0/s1. The van der Waals surface area contributed by atoms with Gasteiger partial charge in [0.1, 0.15) is 12.0 Å². The predicted molar refractivity (Wildman–Crippen MR) is 57.2 cm³/mol. The van der Waals surface area contributed by atoms with Gasteiger partial charge in [0, 0.05) is 5.92 Å². The molecule has 1 aliphatic rings. The van der Waals surface area contributed by atoms with E-state index in [1.54, 1.807) is 6.92 Å². The van der Waals surface area contributed by atoms with Crippen LogP contribution in [-0.4, -0.2) is 17.9 Å². The van der Waals surface area contributed by atoms with Crippen LogP contribution < -0.4 is 0 Å². The van der Waals surface area contributed by atoms with Crippen LogP contribution in [0, 0.1) is 17.8 Å². The molecule has 0 aromatic heterocycles. The number of carbonyl (C=O) groups is 2. The van der Waals surface area contributed by atoms with Crippen molar-refractivity contribution < 1.29 is 14.3 Å². The molecule has 0 radical (unpaired) electrons. The number of ketones is 1. The maximum absolute atomic E-state index is 11.7. The maximum atomic E-state index is 11.7. The van der Waals surface area contributed by atoms with E-state index in [0.717, 1.165) is 0 Å². The molecule has 0 aromatic rings. The summed E-state index contributed by atoms with van der Waals surface area (Å²) in [6.45, 7) is 7.31. The van der Waals surface area contributed by atoms with Gasteiger partial charge in [0.15, 0.2) is 5.78 Å². The highest BCUT2D eigenvalue weighted by atomic mass is 16.5. The molecule has 1 unspecified atom stereocenters. The van der Waals surface area contributed by atoms with Crippen molar-refractivity contribution in [2.45, 2.75) is 33.8 Å². The topological polar surface area (TPSA) is 43.4 Å². The van der Waals surface area contributed by atoms with Gasteiger partial charge in [-0.15, -0.1) is 0 Å². The van der Waals surface area contributed by atoms with Gasteiger partial charge >= 0.3 is 5.97 Å². The molecule has 0 aliphatic carbocycles. The molecule has 3 nitrogen and oxygen atoms in total. The van der Waals surface area contributed by atoms with Gasteiger partial charge in [-0.3, -0.25) is 9.59 Å². The summed E-state index contributed by atoms with van der Waals surface area (Å²) in [6.07, 6.45) is 3.56. The van der Waals surface area contributed by atoms with Gasteiger partial charge in [0.25, 0.3) is 0 Å². The lowest BCUT2D eigenvalue weighted by molar-refractivity contribution is -0.171. The van der Waals surface area contributed by atoms with Gasteiger partial charge in [-0.2, -0.15) is 0 Å². The van der Waals surface area contributed by atoms with Crippen LogP contribution in [-0.2, 0) is 14.3 Å². The largest absolute Gasteiger partial charge is 0.460 e. The van der Waals surface area contributed by atoms with Crippen LogP contribution in [0.3, 0.4) is 0 Å². The van der Waals surface area contributed by atoms with E-state index in [1.165, 1.54) is 0 Å². The summed E-state index contributed by atoms with van der Waals surface area (Å²) < 4.78 is 5.28. The van der Waals surface area contributed by atoms with E-state index in [2.05, 4.69) is 0 Å². The van der Waals surface area contributed by atoms with Crippen molar-refractivity contribution in [2.75, 3.05) is 0 Å². The van der Waals surface area contributed by atoms with Gasteiger partial charge in [-0.1, -0.05) is 26.0 Å². The Morgan fingerprint density at radius 2 is 1.93 bits per heavy atom. The number of hydrogen-bond donors (Lipinski definition) is 0. The number of Topliss-reactive ketones (excluding diaryl/α,β-unsaturated/α-hetero) is 1. The number of esters is 1. The van der Waals surface area contributed by atoms with E-state index in [0.29, 0.717) is 0 Å². The van der Waals surface area contributed by atoms with Gasteiger partial charge in [-0.05, 0) is 13.8 Å². The maximum Gasteiger partial charge on any atom is 0.316 e. The molecule has 0 N–H and O–H groups in total. The third-order valence-corrected chi connectivity index (χ3v) is 2.99. The SMILES string of the molecule is C/C=C/[C@H](C)[C@@H]1OC(=O)C(C)C(=O)[C@@H]1C. The summed E-state index contributed by atoms with van der Waals surface area (Å²) >= 11 is 0. The van der Waals surface area contributed by atoms with Gasteiger partial charge in [-0.25, -0.2) is 0 Å². The first-order chi connectivity index (χ1) is 6.99. The molecule has 4 atom stereocenters. The fourth-order valence-corrected chi connectivity index (χ4v) is 1.99. The van der Waals surface area contributed by atoms with Crippen LogP contribution in [0.1, 0.15) is 27.7 Å². The normalized spacial score (nSPS) is 34.3. The molecule has 15 heavy (non-hydrogen) atoms. The van der Waals surface area contributed by atoms with Gasteiger partial charge < -0.3 is 4.74 Å². The average molecular weight is 210 g/mol. The Hall–Kier alpha value is -1.12. The van der Waals surface area contributed by atoms with Crippen LogP contribution in [0.25, 0.3) is 0 Å². The van der Waals surface area contributed by atoms with Crippen LogP contribution >= 0.6 is 0 Å². The fraction of sp³-hybridized carbons (Fsp3) is 0.667. The lowest BCUT2D eigenvalue weighted by Crippen LogP contribution is -2.46. The Bertz CT molecular complexity index is 293. The molecule has 0 aromatic carbocycles. The van der Waals surface area contributed by atoms with E-state index >= 15 is 0 Å². The van der Waals surface area contributed by atoms with Crippen molar-refractivity contribution in [3.63, 3.8) is 0 Å². The molecule has 1 heterocycles. The summed E-state index contributed by atoms with van der Waals surface area (Å²) in [7, 11) is 0. The zero-order valence-corrected chi connectivity index (χ0v) is 9.69. The van der Waals surface area contributed by atoms with Crippen molar-refractivity contribution in [1.82, 2.24) is 0 Å². The van der Waals surface area contributed by atoms with E-state index in [9.17, 15) is 9.59 Å². The molecule has 0 spiro atoms. The Morgan fingerprint density at radius 1 is 1.33 bits per heavy atom. The smallest absolute Gasteiger partial charge is 0.316 e. The van der Waals surface area contributed by atoms with Gasteiger partial charge in [0.2, 0.25) is 0 Å². The van der Waals surface area contributed by atoms with Crippen LogP contribution in [0.5, 0.6) is 0 Å². The number of rotatable bonds is 2. The average Bonchev–Trinajstić information content (AvgIpc) is 2.20. The van der Waals surface area contributed by atoms with Crippen LogP contribution in [0.15, 0.2) is 12.2 Å². The lowest BCUT2D eigenvalue weighted by atomic mass is 9.83. The quantitative estimate of drug-likeness (QED) is 0.397. The highest BCUT2D eigenvalue weighted by molar-refractivity contribution is 6.01. The van der Waals surface area contributed by atoms with Crippen molar-refractivity contribution in [3.8, 4) is 0 Å². The molecular weight excluding hydrogens is 192 g/mol. The number of ether oxygens (including phenoxy) is 1. The summed E-state index contributed by atoms with van der Waals surface area (Å²) in [5, 5.41) is 0. The Kier molecular flexibility index (Phi) is 3.66. The van der Waals surface area contributed by atoms with E-state index in [1.807, 2.05) is 32.9 Å². The minimum absolute atomic E-state index is 0.00685. The molecule has 84 valence electrons. The predicted octanol–water partition coefficient (Wildman–Crippen LogP) is 1.97. The summed E-state index contributed by atoms with van der Waals surface area (Å²) in [4.78, 5) is 23.1. The van der Waals surface area contributed by atoms with Gasteiger partial charge in [0.05, 0.1) is 5.92 Å². The summed E-state index contributed by atoms with van der Waals surface area (Å²) in [5.74, 6) is -1.12. The molecule has 0 saturated carbocycles. The Balaban J connectivity index is 2.83. The minimum Gasteiger partial charge on any atom is -0.460 e. The zero-order valence-electron chi connectivity index (χ0n) is 9.69. The highest BCUT2D eigenvalue weighted by Gasteiger charge is 2.41. The number of hydrogen-bond acceptors (Lipinski definition) is 3. The molecule has 1 aliphatic heterocycles. The third-order valence-electron chi connectivity index (χ3n) is 2.99. The van der Waals surface area contributed by atoms with Crippen molar-refractivity contribution in [2.24, 2.45) is 17.8 Å². The zero-order chi connectivity index (χ0) is 11.6. The number of carbonyl (C=O) groups excluding carboxylic acids is 2. The molecule has 3 heteroatoms. The van der Waals surface area contributed by atoms with E-state index < -0.39 is 5.92 Å². The molecule has 1 saturated heterocycles. The first-order valence-corrected chi connectivity index (χ1v) is 5.36. The van der Waals surface area contributed by atoms with Crippen LogP contribution in [0.2, 0.25) is 0 Å². The summed E-state index contributed by atoms with van der Waals surface area (Å²) in [6, 6.07) is 0. The monoisotopic (exact) mass is 210 g/mol. The lowest BCUT2D eigenvalue weighted by Gasteiger charge is -2.33. The second-order valence-corrected chi connectivity index (χ2v) is 4.20.